The molecule has 0 aliphatic heterocycles. The van der Waals surface area contributed by atoms with Gasteiger partial charge in [0.15, 0.2) is 12.6 Å². The number of hydrogen-bond acceptors (Lipinski definition) is 8. The largest absolute Gasteiger partial charge is 0.492 e. The van der Waals surface area contributed by atoms with E-state index < -0.39 is 0 Å². The SMILES string of the molecule is Cc1c(COc2cc(OCc3cncc(C#N)c3)c(C=O)cc2Cl)cccc1-c1cccc(COc2cc(OCC3CC3)c(C=O)cc2Cl)c1C. The molecule has 10 heteroatoms. The second-order valence-corrected chi connectivity index (χ2v) is 13.2. The van der Waals surface area contributed by atoms with Gasteiger partial charge in [0.05, 0.1) is 33.3 Å². The van der Waals surface area contributed by atoms with E-state index in [-0.39, 0.29) is 30.4 Å². The number of benzene rings is 4. The van der Waals surface area contributed by atoms with Crippen LogP contribution in [0.15, 0.2) is 79.1 Å². The van der Waals surface area contributed by atoms with Crippen molar-refractivity contribution in [3.63, 3.8) is 0 Å². The average molecular weight is 722 g/mol. The van der Waals surface area contributed by atoms with Crippen LogP contribution in [0.4, 0.5) is 0 Å². The molecule has 0 bridgehead atoms. The molecule has 0 N–H and O–H groups in total. The van der Waals surface area contributed by atoms with Gasteiger partial charge in [-0.2, -0.15) is 5.26 Å². The minimum atomic E-state index is 0.102. The van der Waals surface area contributed by atoms with Gasteiger partial charge in [-0.25, -0.2) is 0 Å². The van der Waals surface area contributed by atoms with Crippen LogP contribution in [0.5, 0.6) is 23.0 Å². The highest BCUT2D eigenvalue weighted by Crippen LogP contribution is 2.37. The second-order valence-electron chi connectivity index (χ2n) is 12.4. The first kappa shape index (κ1) is 35.5. The maximum Gasteiger partial charge on any atom is 0.153 e. The van der Waals surface area contributed by atoms with Crippen molar-refractivity contribution in [3.8, 4) is 40.2 Å². The summed E-state index contributed by atoms with van der Waals surface area (Å²) < 4.78 is 24.2. The highest BCUT2D eigenvalue weighted by atomic mass is 35.5. The summed E-state index contributed by atoms with van der Waals surface area (Å²) in [7, 11) is 0. The lowest BCUT2D eigenvalue weighted by molar-refractivity contribution is 0.111. The number of hydrogen-bond donors (Lipinski definition) is 0. The Balaban J connectivity index is 1.17. The van der Waals surface area contributed by atoms with E-state index in [4.69, 9.17) is 47.4 Å². The number of ether oxygens (including phenoxy) is 4. The third kappa shape index (κ3) is 8.51. The van der Waals surface area contributed by atoms with Gasteiger partial charge in [0.1, 0.15) is 48.9 Å². The van der Waals surface area contributed by atoms with Crippen molar-refractivity contribution in [2.24, 2.45) is 5.92 Å². The summed E-state index contributed by atoms with van der Waals surface area (Å²) in [5.41, 5.74) is 7.87. The summed E-state index contributed by atoms with van der Waals surface area (Å²) in [4.78, 5) is 27.5. The van der Waals surface area contributed by atoms with Gasteiger partial charge < -0.3 is 18.9 Å². The van der Waals surface area contributed by atoms with E-state index in [0.717, 1.165) is 52.5 Å². The highest BCUT2D eigenvalue weighted by molar-refractivity contribution is 6.32. The lowest BCUT2D eigenvalue weighted by atomic mass is 9.92. The maximum absolute atomic E-state index is 11.8. The monoisotopic (exact) mass is 720 g/mol. The van der Waals surface area contributed by atoms with Gasteiger partial charge in [-0.15, -0.1) is 0 Å². The normalized spacial score (nSPS) is 12.1. The number of aromatic nitrogens is 1. The van der Waals surface area contributed by atoms with Crippen LogP contribution in [-0.2, 0) is 19.8 Å². The Morgan fingerprint density at radius 1 is 0.725 bits per heavy atom. The summed E-state index contributed by atoms with van der Waals surface area (Å²) in [6, 6.07) is 22.2. The van der Waals surface area contributed by atoms with Crippen molar-refractivity contribution in [2.75, 3.05) is 6.61 Å². The molecule has 1 fully saturated rings. The number of pyridine rings is 1. The minimum Gasteiger partial charge on any atom is -0.492 e. The van der Waals surface area contributed by atoms with Gasteiger partial charge in [-0.1, -0.05) is 59.6 Å². The number of nitriles is 1. The predicted molar refractivity (Wildman–Crippen MR) is 195 cm³/mol. The molecule has 1 aliphatic rings. The summed E-state index contributed by atoms with van der Waals surface area (Å²) in [6.45, 7) is 5.26. The number of carbonyl (C=O) groups is 2. The van der Waals surface area contributed by atoms with E-state index in [2.05, 4.69) is 30.1 Å². The van der Waals surface area contributed by atoms with Gasteiger partial charge >= 0.3 is 0 Å². The number of aldehydes is 2. The standard InChI is InChI=1S/C41H34Cl2N2O6/c1-25-30(23-50-40-14-38(48-21-27-9-10-27)32(19-46)12-36(40)42)5-3-7-34(25)35-8-4-6-31(26(35)2)24-51-41-15-39(33(20-47)13-37(41)43)49-22-29-11-28(16-44)17-45-18-29/h3-8,11-15,17-20,27H,9-10,21-24H2,1-2H3. The predicted octanol–water partition coefficient (Wildman–Crippen LogP) is 9.69. The first-order chi connectivity index (χ1) is 24.8. The van der Waals surface area contributed by atoms with E-state index in [1.165, 1.54) is 12.3 Å². The lowest BCUT2D eigenvalue weighted by Gasteiger charge is -2.18. The van der Waals surface area contributed by atoms with E-state index >= 15 is 0 Å². The molecule has 0 radical (unpaired) electrons. The fourth-order valence-electron chi connectivity index (χ4n) is 5.61. The molecule has 258 valence electrons. The van der Waals surface area contributed by atoms with Crippen molar-refractivity contribution in [1.29, 1.82) is 5.26 Å². The fourth-order valence-corrected chi connectivity index (χ4v) is 6.06. The molecule has 8 nitrogen and oxygen atoms in total. The van der Waals surface area contributed by atoms with Crippen LogP contribution < -0.4 is 18.9 Å². The highest BCUT2D eigenvalue weighted by Gasteiger charge is 2.23. The number of carbonyl (C=O) groups excluding carboxylic acids is 2. The third-order valence-corrected chi connectivity index (χ3v) is 9.41. The third-order valence-electron chi connectivity index (χ3n) is 8.82. The molecule has 0 saturated heterocycles. The molecule has 1 heterocycles. The molecule has 1 aromatic heterocycles. The van der Waals surface area contributed by atoms with Crippen molar-refractivity contribution in [1.82, 2.24) is 4.98 Å². The Bertz CT molecular complexity index is 2140. The van der Waals surface area contributed by atoms with E-state index in [1.807, 2.05) is 31.2 Å². The molecule has 0 spiro atoms. The van der Waals surface area contributed by atoms with Crippen LogP contribution >= 0.6 is 23.2 Å². The molecule has 0 unspecified atom stereocenters. The van der Waals surface area contributed by atoms with Gasteiger partial charge in [0, 0.05) is 30.1 Å². The van der Waals surface area contributed by atoms with E-state index in [9.17, 15) is 9.59 Å². The maximum atomic E-state index is 11.8. The zero-order chi connectivity index (χ0) is 35.9. The van der Waals surface area contributed by atoms with Crippen LogP contribution in [-0.4, -0.2) is 24.2 Å². The molecule has 0 amide bonds. The number of rotatable bonds is 15. The summed E-state index contributed by atoms with van der Waals surface area (Å²) in [6.07, 6.45) is 6.76. The molecule has 5 aromatic rings. The van der Waals surface area contributed by atoms with E-state index in [1.54, 1.807) is 30.5 Å². The lowest BCUT2D eigenvalue weighted by Crippen LogP contribution is -2.04. The molecule has 51 heavy (non-hydrogen) atoms. The van der Waals surface area contributed by atoms with Gasteiger partial charge in [-0.05, 0) is 84.2 Å². The Labute approximate surface area is 306 Å². The minimum absolute atomic E-state index is 0.102. The zero-order valence-electron chi connectivity index (χ0n) is 28.1. The van der Waals surface area contributed by atoms with Crippen LogP contribution in [0.1, 0.15) is 66.9 Å². The topological polar surface area (TPSA) is 108 Å². The van der Waals surface area contributed by atoms with Crippen LogP contribution in [0, 0.1) is 31.1 Å². The van der Waals surface area contributed by atoms with Crippen molar-refractivity contribution < 1.29 is 28.5 Å². The van der Waals surface area contributed by atoms with Crippen molar-refractivity contribution in [3.05, 3.63) is 134 Å². The number of halogens is 2. The Morgan fingerprint density at radius 2 is 1.25 bits per heavy atom. The fraction of sp³-hybridized carbons (Fsp3) is 0.220. The van der Waals surface area contributed by atoms with Gasteiger partial charge in [0.25, 0.3) is 0 Å². The first-order valence-corrected chi connectivity index (χ1v) is 17.1. The second kappa shape index (κ2) is 16.1. The van der Waals surface area contributed by atoms with Crippen molar-refractivity contribution >= 4 is 35.8 Å². The average Bonchev–Trinajstić information content (AvgIpc) is 3.98. The smallest absolute Gasteiger partial charge is 0.153 e. The van der Waals surface area contributed by atoms with Crippen LogP contribution in [0.2, 0.25) is 10.0 Å². The van der Waals surface area contributed by atoms with E-state index in [0.29, 0.717) is 63.5 Å². The van der Waals surface area contributed by atoms with Gasteiger partial charge in [-0.3, -0.25) is 14.6 Å². The summed E-state index contributed by atoms with van der Waals surface area (Å²) in [5.74, 6) is 2.12. The van der Waals surface area contributed by atoms with Crippen LogP contribution in [0.25, 0.3) is 11.1 Å². The quantitative estimate of drug-likeness (QED) is 0.0984. The molecular formula is C41H34Cl2N2O6. The summed E-state index contributed by atoms with van der Waals surface area (Å²) in [5, 5.41) is 9.78. The Kier molecular flexibility index (Phi) is 11.2. The molecule has 1 aliphatic carbocycles. The molecule has 6 rings (SSSR count). The summed E-state index contributed by atoms with van der Waals surface area (Å²) >= 11 is 13.0. The zero-order valence-corrected chi connectivity index (χ0v) is 29.6. The van der Waals surface area contributed by atoms with Crippen molar-refractivity contribution in [2.45, 2.75) is 46.5 Å². The Morgan fingerprint density at radius 3 is 1.76 bits per heavy atom. The molecular weight excluding hydrogens is 687 g/mol. The first-order valence-electron chi connectivity index (χ1n) is 16.4. The molecule has 1 saturated carbocycles. The molecule has 0 atom stereocenters. The van der Waals surface area contributed by atoms with Gasteiger partial charge in [0.2, 0.25) is 0 Å². The van der Waals surface area contributed by atoms with Crippen LogP contribution in [0.3, 0.4) is 0 Å². The Hall–Kier alpha value is -5.36. The number of nitrogens with zero attached hydrogens (tertiary/aromatic N) is 2. The molecule has 4 aromatic carbocycles.